The Hall–Kier alpha value is -2.19. The molecule has 8 heteroatoms. The Bertz CT molecular complexity index is 951. The molecule has 0 saturated heterocycles. The molecule has 1 aromatic heterocycles. The van der Waals surface area contributed by atoms with E-state index in [4.69, 9.17) is 12.2 Å². The summed E-state index contributed by atoms with van der Waals surface area (Å²) in [5, 5.41) is 2.78. The van der Waals surface area contributed by atoms with Gasteiger partial charge in [0.05, 0.1) is 16.6 Å². The number of carbonyl (C=O) groups excluding carboxylic acids is 1. The molecule has 25 heavy (non-hydrogen) atoms. The minimum atomic E-state index is -0.505. The van der Waals surface area contributed by atoms with Crippen molar-refractivity contribution < 1.29 is 13.6 Å². The Kier molecular flexibility index (Phi) is 5.50. The van der Waals surface area contributed by atoms with E-state index in [0.29, 0.717) is 22.3 Å². The number of carbonyl (C=O) groups is 1. The van der Waals surface area contributed by atoms with Gasteiger partial charge in [0.15, 0.2) is 4.77 Å². The number of hydrogen-bond donors (Lipinski definition) is 3. The number of halogens is 2. The van der Waals surface area contributed by atoms with Crippen LogP contribution in [0, 0.1) is 16.4 Å². The lowest BCUT2D eigenvalue weighted by atomic mass is 10.1. The summed E-state index contributed by atoms with van der Waals surface area (Å²) in [7, 11) is 0. The predicted octanol–water partition coefficient (Wildman–Crippen LogP) is 4.42. The van der Waals surface area contributed by atoms with E-state index >= 15 is 0 Å². The van der Waals surface area contributed by atoms with Gasteiger partial charge in [-0.05, 0) is 60.8 Å². The second-order valence-corrected chi connectivity index (χ2v) is 6.94. The van der Waals surface area contributed by atoms with Crippen molar-refractivity contribution in [1.82, 2.24) is 15.3 Å². The Labute approximate surface area is 152 Å². The van der Waals surface area contributed by atoms with Crippen LogP contribution in [0.5, 0.6) is 0 Å². The lowest BCUT2D eigenvalue weighted by Gasteiger charge is -2.07. The second kappa shape index (κ2) is 7.79. The van der Waals surface area contributed by atoms with Gasteiger partial charge in [0, 0.05) is 11.4 Å². The summed E-state index contributed by atoms with van der Waals surface area (Å²) in [6.45, 7) is 0.455. The largest absolute Gasteiger partial charge is 0.352 e. The third-order valence-electron chi connectivity index (χ3n) is 3.52. The first kappa shape index (κ1) is 17.6. The fourth-order valence-corrected chi connectivity index (χ4v) is 3.44. The highest BCUT2D eigenvalue weighted by atomic mass is 32.2. The quantitative estimate of drug-likeness (QED) is 0.338. The molecule has 0 saturated carbocycles. The Balaban J connectivity index is 1.54. The highest BCUT2D eigenvalue weighted by molar-refractivity contribution is 7.99. The molecule has 4 nitrogen and oxygen atoms in total. The molecular weight excluding hydrogens is 364 g/mol. The van der Waals surface area contributed by atoms with Crippen LogP contribution >= 0.6 is 24.0 Å². The molecule has 0 fully saturated rings. The zero-order valence-electron chi connectivity index (χ0n) is 13.1. The molecule has 3 N–H and O–H groups in total. The number of benzene rings is 2. The van der Waals surface area contributed by atoms with Crippen molar-refractivity contribution in [1.29, 1.82) is 0 Å². The molecule has 0 unspecified atom stereocenters. The number of imidazole rings is 1. The lowest BCUT2D eigenvalue weighted by Crippen LogP contribution is -2.25. The van der Waals surface area contributed by atoms with Crippen LogP contribution in [0.2, 0.25) is 0 Å². The molecule has 0 aliphatic rings. The molecule has 0 atom stereocenters. The van der Waals surface area contributed by atoms with E-state index < -0.39 is 5.82 Å². The first-order valence-electron chi connectivity index (χ1n) is 7.61. The maximum atomic E-state index is 13.6. The van der Waals surface area contributed by atoms with Gasteiger partial charge < -0.3 is 15.3 Å². The first-order chi connectivity index (χ1) is 12.0. The van der Waals surface area contributed by atoms with E-state index in [1.807, 2.05) is 0 Å². The molecule has 130 valence electrons. The molecule has 0 spiro atoms. The number of rotatable bonds is 6. The molecule has 0 bridgehead atoms. The summed E-state index contributed by atoms with van der Waals surface area (Å²) in [6, 6.07) is 8.74. The van der Waals surface area contributed by atoms with Crippen molar-refractivity contribution in [3.05, 3.63) is 58.4 Å². The van der Waals surface area contributed by atoms with Crippen LogP contribution < -0.4 is 5.32 Å². The van der Waals surface area contributed by atoms with Crippen LogP contribution in [-0.2, 0) is 0 Å². The molecule has 0 radical (unpaired) electrons. The number of H-pyrrole nitrogens is 2. The van der Waals surface area contributed by atoms with Gasteiger partial charge >= 0.3 is 0 Å². The summed E-state index contributed by atoms with van der Waals surface area (Å²) in [5.41, 5.74) is 1.17. The topological polar surface area (TPSA) is 60.7 Å². The molecule has 1 amide bonds. The normalized spacial score (nSPS) is 11.0. The summed E-state index contributed by atoms with van der Waals surface area (Å²) in [6.07, 6.45) is 0.732. The number of nitrogens with one attached hydrogen (secondary N) is 3. The van der Waals surface area contributed by atoms with Crippen LogP contribution in [0.1, 0.15) is 16.8 Å². The number of aromatic nitrogens is 2. The maximum Gasteiger partial charge on any atom is 0.253 e. The summed E-state index contributed by atoms with van der Waals surface area (Å²) < 4.78 is 26.8. The van der Waals surface area contributed by atoms with Gasteiger partial charge in [-0.25, -0.2) is 8.78 Å². The third-order valence-corrected chi connectivity index (χ3v) is 4.83. The van der Waals surface area contributed by atoms with Crippen LogP contribution in [0.4, 0.5) is 8.78 Å². The van der Waals surface area contributed by atoms with Crippen molar-refractivity contribution in [3.63, 3.8) is 0 Å². The highest BCUT2D eigenvalue weighted by Crippen LogP contribution is 2.19. The Morgan fingerprint density at radius 2 is 1.88 bits per heavy atom. The van der Waals surface area contributed by atoms with Crippen LogP contribution in [0.25, 0.3) is 11.0 Å². The monoisotopic (exact) mass is 379 g/mol. The predicted molar refractivity (Wildman–Crippen MR) is 97.5 cm³/mol. The van der Waals surface area contributed by atoms with Gasteiger partial charge in [-0.1, -0.05) is 0 Å². The van der Waals surface area contributed by atoms with Gasteiger partial charge in [-0.2, -0.15) is 0 Å². The molecule has 3 aromatic rings. The lowest BCUT2D eigenvalue weighted by molar-refractivity contribution is 0.0955. The molecule has 1 heterocycles. The van der Waals surface area contributed by atoms with Crippen molar-refractivity contribution in [2.45, 2.75) is 11.3 Å². The average Bonchev–Trinajstić information content (AvgIpc) is 2.95. The minimum absolute atomic E-state index is 0.216. The first-order valence-corrected chi connectivity index (χ1v) is 9.00. The van der Waals surface area contributed by atoms with Crippen LogP contribution in [-0.4, -0.2) is 28.2 Å². The van der Waals surface area contributed by atoms with Crippen molar-refractivity contribution in [2.75, 3.05) is 12.3 Å². The molecular formula is C17H15F2N3OS2. The Morgan fingerprint density at radius 3 is 2.64 bits per heavy atom. The average molecular weight is 379 g/mol. The van der Waals surface area contributed by atoms with Gasteiger partial charge in [-0.15, -0.1) is 11.8 Å². The summed E-state index contributed by atoms with van der Waals surface area (Å²) in [5.74, 6) is -0.352. The fourth-order valence-electron chi connectivity index (χ4n) is 2.38. The smallest absolute Gasteiger partial charge is 0.253 e. The van der Waals surface area contributed by atoms with E-state index in [-0.39, 0.29) is 17.3 Å². The van der Waals surface area contributed by atoms with Crippen molar-refractivity contribution >= 4 is 40.9 Å². The van der Waals surface area contributed by atoms with Crippen molar-refractivity contribution in [3.8, 4) is 0 Å². The molecule has 3 rings (SSSR count). The standard InChI is InChI=1S/C17H15F2N3OS2/c18-10-2-4-12(5-3-10)25-7-1-6-20-16(23)13-8-11(19)9-14-15(13)22-17(24)21-14/h2-5,8-9H,1,6-7H2,(H,20,23)(H2,21,22,24). The van der Waals surface area contributed by atoms with E-state index in [9.17, 15) is 13.6 Å². The molecule has 0 aliphatic carbocycles. The van der Waals surface area contributed by atoms with Gasteiger partial charge in [0.2, 0.25) is 0 Å². The zero-order valence-corrected chi connectivity index (χ0v) is 14.7. The summed E-state index contributed by atoms with van der Waals surface area (Å²) >= 11 is 6.57. The number of aromatic amines is 2. The maximum absolute atomic E-state index is 13.6. The van der Waals surface area contributed by atoms with Gasteiger partial charge in [-0.3, -0.25) is 4.79 Å². The van der Waals surface area contributed by atoms with E-state index in [1.165, 1.54) is 24.3 Å². The summed E-state index contributed by atoms with van der Waals surface area (Å²) in [4.78, 5) is 18.9. The van der Waals surface area contributed by atoms with E-state index in [2.05, 4.69) is 15.3 Å². The number of amides is 1. The fraction of sp³-hybridized carbons (Fsp3) is 0.176. The number of hydrogen-bond acceptors (Lipinski definition) is 3. The van der Waals surface area contributed by atoms with Crippen LogP contribution in [0.3, 0.4) is 0 Å². The second-order valence-electron chi connectivity index (χ2n) is 5.37. The highest BCUT2D eigenvalue weighted by Gasteiger charge is 2.13. The van der Waals surface area contributed by atoms with E-state index in [1.54, 1.807) is 23.9 Å². The number of thioether (sulfide) groups is 1. The van der Waals surface area contributed by atoms with Crippen molar-refractivity contribution in [2.24, 2.45) is 0 Å². The number of fused-ring (bicyclic) bond motifs is 1. The van der Waals surface area contributed by atoms with Gasteiger partial charge in [0.1, 0.15) is 11.6 Å². The third kappa shape index (κ3) is 4.46. The minimum Gasteiger partial charge on any atom is -0.352 e. The molecule has 2 aromatic carbocycles. The van der Waals surface area contributed by atoms with Crippen LogP contribution in [0.15, 0.2) is 41.3 Å². The Morgan fingerprint density at radius 1 is 1.12 bits per heavy atom. The zero-order chi connectivity index (χ0) is 17.8. The van der Waals surface area contributed by atoms with E-state index in [0.717, 1.165) is 17.1 Å². The van der Waals surface area contributed by atoms with Gasteiger partial charge in [0.25, 0.3) is 5.91 Å². The molecule has 0 aliphatic heterocycles. The SMILES string of the molecule is O=C(NCCCSc1ccc(F)cc1)c1cc(F)cc2[nH]c(=S)[nH]c12.